The van der Waals surface area contributed by atoms with Crippen LogP contribution in [0.5, 0.6) is 5.75 Å². The predicted molar refractivity (Wildman–Crippen MR) is 190 cm³/mol. The van der Waals surface area contributed by atoms with Gasteiger partial charge >= 0.3 is 0 Å². The second kappa shape index (κ2) is 15.8. The molecule has 0 fully saturated rings. The first-order valence-corrected chi connectivity index (χ1v) is 16.0. The first-order valence-electron chi connectivity index (χ1n) is 14.7. The van der Waals surface area contributed by atoms with E-state index < -0.39 is 17.1 Å². The van der Waals surface area contributed by atoms with Crippen molar-refractivity contribution in [3.8, 4) is 5.75 Å². The third kappa shape index (κ3) is 9.13. The average Bonchev–Trinajstić information content (AvgIpc) is 3.09. The summed E-state index contributed by atoms with van der Waals surface area (Å²) >= 11 is 7.55. The van der Waals surface area contributed by atoms with Gasteiger partial charge in [-0.05, 0) is 78.7 Å². The van der Waals surface area contributed by atoms with Gasteiger partial charge in [0, 0.05) is 21.2 Å². The van der Waals surface area contributed by atoms with E-state index in [0.717, 1.165) is 21.6 Å². The molecule has 5 aromatic rings. The van der Waals surface area contributed by atoms with Gasteiger partial charge in [0.1, 0.15) is 16.7 Å². The Kier molecular flexibility index (Phi) is 11.1. The van der Waals surface area contributed by atoms with Crippen LogP contribution in [0, 0.1) is 6.92 Å². The van der Waals surface area contributed by atoms with Crippen LogP contribution in [0.2, 0.25) is 5.02 Å². The highest BCUT2D eigenvalue weighted by Gasteiger charge is 2.24. The molecule has 47 heavy (non-hydrogen) atoms. The number of rotatable bonds is 11. The molecular formula is C38H32ClN3O4S. The van der Waals surface area contributed by atoms with E-state index in [4.69, 9.17) is 16.3 Å². The number of hydrogen-bond donors (Lipinski definition) is 3. The van der Waals surface area contributed by atoms with Gasteiger partial charge in [0.25, 0.3) is 11.8 Å². The maximum absolute atomic E-state index is 13.6. The number of halogens is 1. The molecule has 0 saturated carbocycles. The van der Waals surface area contributed by atoms with Crippen LogP contribution in [0.15, 0.2) is 138 Å². The molecule has 0 radical (unpaired) electrons. The molecule has 0 bridgehead atoms. The Morgan fingerprint density at radius 2 is 1.45 bits per heavy atom. The molecule has 1 atom stereocenters. The van der Waals surface area contributed by atoms with Crippen molar-refractivity contribution in [2.75, 3.05) is 17.7 Å². The van der Waals surface area contributed by atoms with E-state index in [2.05, 4.69) is 16.0 Å². The van der Waals surface area contributed by atoms with Gasteiger partial charge in [-0.1, -0.05) is 90.0 Å². The van der Waals surface area contributed by atoms with E-state index in [9.17, 15) is 14.4 Å². The number of amides is 3. The van der Waals surface area contributed by atoms with E-state index in [1.807, 2.05) is 79.7 Å². The van der Waals surface area contributed by atoms with Crippen molar-refractivity contribution < 1.29 is 19.1 Å². The minimum Gasteiger partial charge on any atom is -0.495 e. The van der Waals surface area contributed by atoms with Gasteiger partial charge < -0.3 is 20.7 Å². The molecule has 0 heterocycles. The number of anilines is 2. The van der Waals surface area contributed by atoms with E-state index in [1.165, 1.54) is 18.9 Å². The molecule has 5 rings (SSSR count). The van der Waals surface area contributed by atoms with Gasteiger partial charge in [-0.3, -0.25) is 14.4 Å². The van der Waals surface area contributed by atoms with Crippen LogP contribution in [-0.4, -0.2) is 24.8 Å². The summed E-state index contributed by atoms with van der Waals surface area (Å²) in [6, 6.07) is 38.0. The molecular weight excluding hydrogens is 630 g/mol. The lowest BCUT2D eigenvalue weighted by Gasteiger charge is -2.18. The van der Waals surface area contributed by atoms with Crippen molar-refractivity contribution in [2.45, 2.75) is 17.1 Å². The predicted octanol–water partition coefficient (Wildman–Crippen LogP) is 8.54. The highest BCUT2D eigenvalue weighted by atomic mass is 35.5. The van der Waals surface area contributed by atoms with Crippen LogP contribution in [-0.2, 0) is 9.59 Å². The summed E-state index contributed by atoms with van der Waals surface area (Å²) in [7, 11) is 1.53. The normalized spacial score (nSPS) is 11.7. The summed E-state index contributed by atoms with van der Waals surface area (Å²) < 4.78 is 5.41. The van der Waals surface area contributed by atoms with Crippen LogP contribution < -0.4 is 20.7 Å². The Bertz CT molecular complexity index is 1880. The number of aryl methyl sites for hydroxylation is 1. The molecule has 7 nitrogen and oxygen atoms in total. The molecule has 0 aliphatic rings. The van der Waals surface area contributed by atoms with E-state index in [-0.39, 0.29) is 11.6 Å². The third-order valence-corrected chi connectivity index (χ3v) is 8.54. The Morgan fingerprint density at radius 3 is 2.11 bits per heavy atom. The molecule has 0 saturated heterocycles. The third-order valence-electron chi connectivity index (χ3n) is 7.04. The SMILES string of the molecule is COc1ccc(Cl)cc1NC(=O)C(Sc1ccc(NC(=O)/C(=C/c2ccc(C)cc2)NC(=O)c2ccccc2)cc1)c1ccccc1. The Hall–Kier alpha value is -5.31. The minimum absolute atomic E-state index is 0.0958. The first-order chi connectivity index (χ1) is 22.8. The molecule has 3 amide bonds. The number of methoxy groups -OCH3 is 1. The van der Waals surface area contributed by atoms with Crippen molar-refractivity contribution in [1.29, 1.82) is 0 Å². The van der Waals surface area contributed by atoms with Gasteiger partial charge in [0.2, 0.25) is 5.91 Å². The molecule has 236 valence electrons. The lowest BCUT2D eigenvalue weighted by molar-refractivity contribution is -0.116. The summed E-state index contributed by atoms with van der Waals surface area (Å²) in [5.41, 5.74) is 4.18. The molecule has 0 aliphatic carbocycles. The van der Waals surface area contributed by atoms with Crippen LogP contribution in [0.3, 0.4) is 0 Å². The lowest BCUT2D eigenvalue weighted by atomic mass is 10.1. The zero-order valence-electron chi connectivity index (χ0n) is 25.7. The largest absolute Gasteiger partial charge is 0.495 e. The minimum atomic E-state index is -0.599. The van der Waals surface area contributed by atoms with Crippen molar-refractivity contribution in [2.24, 2.45) is 0 Å². The number of benzene rings is 5. The Labute approximate surface area is 283 Å². The second-order valence-corrected chi connectivity index (χ2v) is 12.1. The second-order valence-electron chi connectivity index (χ2n) is 10.5. The highest BCUT2D eigenvalue weighted by Crippen LogP contribution is 2.38. The van der Waals surface area contributed by atoms with Gasteiger partial charge in [0.05, 0.1) is 12.8 Å². The van der Waals surface area contributed by atoms with Gasteiger partial charge in [-0.25, -0.2) is 0 Å². The lowest BCUT2D eigenvalue weighted by Crippen LogP contribution is -2.30. The van der Waals surface area contributed by atoms with E-state index in [1.54, 1.807) is 60.7 Å². The maximum atomic E-state index is 13.6. The molecule has 5 aromatic carbocycles. The zero-order chi connectivity index (χ0) is 33.2. The number of ether oxygens (including phenoxy) is 1. The monoisotopic (exact) mass is 661 g/mol. The van der Waals surface area contributed by atoms with Crippen molar-refractivity contribution in [1.82, 2.24) is 5.32 Å². The number of nitrogens with one attached hydrogen (secondary N) is 3. The van der Waals surface area contributed by atoms with Crippen molar-refractivity contribution in [3.05, 3.63) is 160 Å². The summed E-state index contributed by atoms with van der Waals surface area (Å²) in [5.74, 6) is -0.631. The van der Waals surface area contributed by atoms with Crippen LogP contribution in [0.4, 0.5) is 11.4 Å². The Balaban J connectivity index is 1.33. The summed E-state index contributed by atoms with van der Waals surface area (Å²) in [4.78, 5) is 40.8. The number of thioether (sulfide) groups is 1. The van der Waals surface area contributed by atoms with Crippen molar-refractivity contribution in [3.63, 3.8) is 0 Å². The van der Waals surface area contributed by atoms with Gasteiger partial charge in [-0.2, -0.15) is 0 Å². The number of hydrogen-bond acceptors (Lipinski definition) is 5. The fraction of sp³-hybridized carbons (Fsp3) is 0.0789. The number of carbonyl (C=O) groups is 3. The first kappa shape index (κ1) is 33.1. The van der Waals surface area contributed by atoms with E-state index in [0.29, 0.717) is 27.7 Å². The molecule has 0 aromatic heterocycles. The maximum Gasteiger partial charge on any atom is 0.272 e. The highest BCUT2D eigenvalue weighted by molar-refractivity contribution is 8.00. The molecule has 3 N–H and O–H groups in total. The molecule has 1 unspecified atom stereocenters. The summed E-state index contributed by atoms with van der Waals surface area (Å²) in [6.45, 7) is 1.98. The standard InChI is InChI=1S/C38H32ClN3O4S/c1-25-13-15-26(16-14-25)23-33(42-36(43)28-11-7-4-8-12-28)37(44)40-30-18-20-31(21-19-30)47-35(27-9-5-3-6-10-27)38(45)41-32-24-29(39)17-22-34(32)46-2/h3-24,35H,1-2H3,(H,40,44)(H,41,45)(H,42,43)/b33-23-. The topological polar surface area (TPSA) is 96.5 Å². The van der Waals surface area contributed by atoms with Crippen LogP contribution in [0.25, 0.3) is 6.08 Å². The van der Waals surface area contributed by atoms with E-state index >= 15 is 0 Å². The number of carbonyl (C=O) groups excluding carboxylic acids is 3. The quantitative estimate of drug-likeness (QED) is 0.0974. The molecule has 9 heteroatoms. The van der Waals surface area contributed by atoms with Crippen molar-refractivity contribution >= 4 is 58.5 Å². The van der Waals surface area contributed by atoms with Crippen LogP contribution >= 0.6 is 23.4 Å². The van der Waals surface area contributed by atoms with Gasteiger partial charge in [-0.15, -0.1) is 11.8 Å². The fourth-order valence-electron chi connectivity index (χ4n) is 4.60. The summed E-state index contributed by atoms with van der Waals surface area (Å²) in [6.07, 6.45) is 1.64. The fourth-order valence-corrected chi connectivity index (χ4v) is 5.80. The summed E-state index contributed by atoms with van der Waals surface area (Å²) in [5, 5.41) is 8.47. The smallest absolute Gasteiger partial charge is 0.272 e. The zero-order valence-corrected chi connectivity index (χ0v) is 27.3. The molecule has 0 aliphatic heterocycles. The molecule has 0 spiro atoms. The van der Waals surface area contributed by atoms with Crippen LogP contribution in [0.1, 0.15) is 32.3 Å². The Morgan fingerprint density at radius 1 is 0.787 bits per heavy atom. The van der Waals surface area contributed by atoms with Gasteiger partial charge in [0.15, 0.2) is 0 Å². The average molecular weight is 662 g/mol.